The van der Waals surface area contributed by atoms with Crippen LogP contribution in [0.25, 0.3) is 6.08 Å². The van der Waals surface area contributed by atoms with E-state index in [1.165, 1.54) is 17.4 Å². The molecular weight excluding hydrogens is 436 g/mol. The number of nitrogens with one attached hydrogen (secondary N) is 1. The van der Waals surface area contributed by atoms with Gasteiger partial charge < -0.3 is 14.6 Å². The van der Waals surface area contributed by atoms with Crippen LogP contribution in [-0.2, 0) is 33.7 Å². The highest BCUT2D eigenvalue weighted by atomic mass is 32.1. The largest absolute Gasteiger partial charge is 0.451 e. The van der Waals surface area contributed by atoms with Crippen LogP contribution in [0.1, 0.15) is 59.6 Å². The SMILES string of the molecule is Cc1cc(/C=C(/C#N)C(=O)OCC(=O)Nc2sc3c(c2C#N)CCCC3)c(C)n1CC(C)C. The minimum Gasteiger partial charge on any atom is -0.451 e. The molecule has 1 N–H and O–H groups in total. The topological polar surface area (TPSA) is 108 Å². The number of nitriles is 2. The van der Waals surface area contributed by atoms with Gasteiger partial charge in [-0.25, -0.2) is 4.79 Å². The third-order valence-corrected chi connectivity index (χ3v) is 6.88. The lowest BCUT2D eigenvalue weighted by molar-refractivity contribution is -0.142. The van der Waals surface area contributed by atoms with E-state index in [0.29, 0.717) is 16.5 Å². The van der Waals surface area contributed by atoms with Crippen molar-refractivity contribution in [3.05, 3.63) is 44.6 Å². The molecule has 0 bridgehead atoms. The number of carbonyl (C=O) groups is 2. The molecular formula is C25H28N4O3S. The molecule has 0 aliphatic heterocycles. The van der Waals surface area contributed by atoms with E-state index in [4.69, 9.17) is 4.74 Å². The van der Waals surface area contributed by atoms with Crippen molar-refractivity contribution in [3.63, 3.8) is 0 Å². The van der Waals surface area contributed by atoms with Gasteiger partial charge in [0.2, 0.25) is 0 Å². The van der Waals surface area contributed by atoms with Gasteiger partial charge in [0, 0.05) is 22.8 Å². The zero-order valence-electron chi connectivity index (χ0n) is 19.4. The zero-order chi connectivity index (χ0) is 24.1. The Hall–Kier alpha value is -3.36. The number of amides is 1. The molecule has 33 heavy (non-hydrogen) atoms. The number of rotatable bonds is 7. The second kappa shape index (κ2) is 10.5. The van der Waals surface area contributed by atoms with Gasteiger partial charge >= 0.3 is 5.97 Å². The summed E-state index contributed by atoms with van der Waals surface area (Å²) in [5, 5.41) is 22.2. The van der Waals surface area contributed by atoms with E-state index >= 15 is 0 Å². The molecule has 0 saturated carbocycles. The van der Waals surface area contributed by atoms with Gasteiger partial charge in [-0.15, -0.1) is 11.3 Å². The fourth-order valence-electron chi connectivity index (χ4n) is 4.06. The molecule has 0 radical (unpaired) electrons. The molecule has 0 spiro atoms. The maximum Gasteiger partial charge on any atom is 0.349 e. The van der Waals surface area contributed by atoms with Crippen molar-refractivity contribution in [2.45, 2.75) is 59.9 Å². The van der Waals surface area contributed by atoms with Crippen LogP contribution < -0.4 is 5.32 Å². The smallest absolute Gasteiger partial charge is 0.349 e. The summed E-state index contributed by atoms with van der Waals surface area (Å²) in [5.74, 6) is -0.931. The summed E-state index contributed by atoms with van der Waals surface area (Å²) < 4.78 is 7.24. The number of hydrogen-bond donors (Lipinski definition) is 1. The van der Waals surface area contributed by atoms with Crippen molar-refractivity contribution in [1.29, 1.82) is 10.5 Å². The Balaban J connectivity index is 1.66. The molecule has 172 valence electrons. The van der Waals surface area contributed by atoms with Crippen LogP contribution in [0.4, 0.5) is 5.00 Å². The molecule has 2 aromatic heterocycles. The third-order valence-electron chi connectivity index (χ3n) is 5.67. The van der Waals surface area contributed by atoms with Crippen LogP contribution in [0, 0.1) is 42.4 Å². The van der Waals surface area contributed by atoms with Gasteiger partial charge in [0.25, 0.3) is 5.91 Å². The molecule has 0 fully saturated rings. The Morgan fingerprint density at radius 2 is 2.00 bits per heavy atom. The van der Waals surface area contributed by atoms with Gasteiger partial charge in [-0.05, 0) is 68.7 Å². The van der Waals surface area contributed by atoms with Crippen molar-refractivity contribution < 1.29 is 14.3 Å². The van der Waals surface area contributed by atoms with Crippen molar-refractivity contribution in [1.82, 2.24) is 4.57 Å². The average molecular weight is 465 g/mol. The highest BCUT2D eigenvalue weighted by molar-refractivity contribution is 7.16. The maximum absolute atomic E-state index is 12.4. The zero-order valence-corrected chi connectivity index (χ0v) is 20.3. The number of esters is 1. The van der Waals surface area contributed by atoms with Crippen molar-refractivity contribution in [2.24, 2.45) is 5.92 Å². The number of ether oxygens (including phenoxy) is 1. The number of carbonyl (C=O) groups excluding carboxylic acids is 2. The Bertz CT molecular complexity index is 1190. The van der Waals surface area contributed by atoms with Crippen LogP contribution in [0.3, 0.4) is 0 Å². The Labute approximate surface area is 198 Å². The van der Waals surface area contributed by atoms with Gasteiger partial charge in [0.15, 0.2) is 6.61 Å². The molecule has 0 unspecified atom stereocenters. The lowest BCUT2D eigenvalue weighted by atomic mass is 9.96. The summed E-state index contributed by atoms with van der Waals surface area (Å²) in [6, 6.07) is 5.99. The quantitative estimate of drug-likeness (QED) is 0.364. The molecule has 0 aromatic carbocycles. The van der Waals surface area contributed by atoms with E-state index in [1.807, 2.05) is 26.0 Å². The lowest BCUT2D eigenvalue weighted by Gasteiger charge is -2.12. The number of aromatic nitrogens is 1. The number of thiophene rings is 1. The van der Waals surface area contributed by atoms with Crippen molar-refractivity contribution in [2.75, 3.05) is 11.9 Å². The Kier molecular flexibility index (Phi) is 7.73. The van der Waals surface area contributed by atoms with Crippen molar-refractivity contribution in [3.8, 4) is 12.1 Å². The molecule has 3 rings (SSSR count). The lowest BCUT2D eigenvalue weighted by Crippen LogP contribution is -2.21. The minimum absolute atomic E-state index is 0.170. The van der Waals surface area contributed by atoms with Gasteiger partial charge in [-0.2, -0.15) is 10.5 Å². The van der Waals surface area contributed by atoms with Crippen LogP contribution >= 0.6 is 11.3 Å². The Morgan fingerprint density at radius 1 is 1.27 bits per heavy atom. The van der Waals surface area contributed by atoms with Gasteiger partial charge in [0.05, 0.1) is 5.56 Å². The first-order valence-electron chi connectivity index (χ1n) is 11.0. The fourth-order valence-corrected chi connectivity index (χ4v) is 5.31. The minimum atomic E-state index is -0.854. The Morgan fingerprint density at radius 3 is 2.67 bits per heavy atom. The maximum atomic E-state index is 12.4. The van der Waals surface area contributed by atoms with E-state index in [9.17, 15) is 20.1 Å². The number of aryl methyl sites for hydroxylation is 2. The van der Waals surface area contributed by atoms with E-state index in [1.54, 1.807) is 0 Å². The molecule has 1 amide bonds. The summed E-state index contributed by atoms with van der Waals surface area (Å²) in [4.78, 5) is 26.0. The molecule has 1 aliphatic rings. The summed E-state index contributed by atoms with van der Waals surface area (Å²) in [6.07, 6.45) is 5.36. The molecule has 2 heterocycles. The van der Waals surface area contributed by atoms with E-state index in [-0.39, 0.29) is 5.57 Å². The van der Waals surface area contributed by atoms with Gasteiger partial charge in [-0.3, -0.25) is 4.79 Å². The predicted octanol–water partition coefficient (Wildman–Crippen LogP) is 4.66. The number of nitrogens with zero attached hydrogens (tertiary/aromatic N) is 3. The average Bonchev–Trinajstić information content (AvgIpc) is 3.26. The second-order valence-corrected chi connectivity index (χ2v) is 9.76. The van der Waals surface area contributed by atoms with Crippen LogP contribution in [0.15, 0.2) is 11.6 Å². The molecule has 7 nitrogen and oxygen atoms in total. The van der Waals surface area contributed by atoms with Gasteiger partial charge in [0.1, 0.15) is 22.7 Å². The molecule has 8 heteroatoms. The summed E-state index contributed by atoms with van der Waals surface area (Å²) in [5.41, 5.74) is 4.13. The highest BCUT2D eigenvalue weighted by Crippen LogP contribution is 2.37. The molecule has 1 aliphatic carbocycles. The number of anilines is 1. The molecule has 2 aromatic rings. The number of fused-ring (bicyclic) bond motifs is 1. The predicted molar refractivity (Wildman–Crippen MR) is 128 cm³/mol. The van der Waals surface area contributed by atoms with E-state index < -0.39 is 18.5 Å². The third kappa shape index (κ3) is 5.53. The van der Waals surface area contributed by atoms with Crippen molar-refractivity contribution >= 4 is 34.3 Å². The fraction of sp³-hybridized carbons (Fsp3) is 0.440. The summed E-state index contributed by atoms with van der Waals surface area (Å²) in [6.45, 7) is 8.50. The van der Waals surface area contributed by atoms with Gasteiger partial charge in [-0.1, -0.05) is 13.8 Å². The first kappa shape index (κ1) is 24.3. The summed E-state index contributed by atoms with van der Waals surface area (Å²) in [7, 11) is 0. The van der Waals surface area contributed by atoms with E-state index in [0.717, 1.165) is 59.6 Å². The van der Waals surface area contributed by atoms with Crippen LogP contribution in [0.5, 0.6) is 0 Å². The highest BCUT2D eigenvalue weighted by Gasteiger charge is 2.22. The normalized spacial score (nSPS) is 13.2. The summed E-state index contributed by atoms with van der Waals surface area (Å²) >= 11 is 1.41. The first-order chi connectivity index (χ1) is 15.7. The monoisotopic (exact) mass is 464 g/mol. The second-order valence-electron chi connectivity index (χ2n) is 8.65. The van der Waals surface area contributed by atoms with Crippen LogP contribution in [0.2, 0.25) is 0 Å². The number of hydrogen-bond acceptors (Lipinski definition) is 6. The van der Waals surface area contributed by atoms with E-state index in [2.05, 4.69) is 29.8 Å². The van der Waals surface area contributed by atoms with Crippen LogP contribution in [-0.4, -0.2) is 23.1 Å². The first-order valence-corrected chi connectivity index (χ1v) is 11.9. The molecule has 0 atom stereocenters. The molecule has 0 saturated heterocycles. The standard InChI is InChI=1S/C25H28N4O3S/c1-15(2)13-29-16(3)9-18(17(29)4)10-19(11-26)25(31)32-14-23(30)28-24-21(12-27)20-7-5-6-8-22(20)33-24/h9-10,15H,5-8,13-14H2,1-4H3,(H,28,30)/b19-10-.